The van der Waals surface area contributed by atoms with Crippen molar-refractivity contribution in [3.8, 4) is 0 Å². The van der Waals surface area contributed by atoms with E-state index in [2.05, 4.69) is 19.9 Å². The normalized spacial score (nSPS) is 14.3. The Kier molecular flexibility index (Phi) is 6.42. The molecule has 4 rings (SSSR count). The molecule has 31 heavy (non-hydrogen) atoms. The zero-order chi connectivity index (χ0) is 22.0. The molecule has 164 valence electrons. The van der Waals surface area contributed by atoms with Gasteiger partial charge >= 0.3 is 0 Å². The molecule has 1 aromatic heterocycles. The molecule has 1 aliphatic heterocycles. The second-order valence-corrected chi connectivity index (χ2v) is 9.83. The Morgan fingerprint density at radius 2 is 2.00 bits per heavy atom. The number of nitrogens with one attached hydrogen (secondary N) is 2. The van der Waals surface area contributed by atoms with E-state index in [1.165, 1.54) is 34.4 Å². The molecule has 1 fully saturated rings. The third-order valence-corrected chi connectivity index (χ3v) is 7.35. The van der Waals surface area contributed by atoms with E-state index in [0.717, 1.165) is 31.1 Å². The first-order valence-electron chi connectivity index (χ1n) is 9.46. The minimum atomic E-state index is -4.20. The number of anilines is 2. The third kappa shape index (κ3) is 4.82. The Hall–Kier alpha value is -2.27. The average Bonchev–Trinajstić information content (AvgIpc) is 3.19. The number of aromatic nitrogens is 1. The van der Waals surface area contributed by atoms with Gasteiger partial charge in [-0.1, -0.05) is 23.7 Å². The van der Waals surface area contributed by atoms with Crippen LogP contribution in [0.15, 0.2) is 46.1 Å². The van der Waals surface area contributed by atoms with Gasteiger partial charge in [0.25, 0.3) is 10.0 Å². The Labute approximate surface area is 187 Å². The third-order valence-electron chi connectivity index (χ3n) is 5.02. The van der Waals surface area contributed by atoms with Gasteiger partial charge in [0, 0.05) is 24.0 Å². The van der Waals surface area contributed by atoms with Crippen molar-refractivity contribution in [2.24, 2.45) is 0 Å². The quantitative estimate of drug-likeness (QED) is 0.485. The fourth-order valence-electron chi connectivity index (χ4n) is 3.25. The highest BCUT2D eigenvalue weighted by atomic mass is 35.5. The van der Waals surface area contributed by atoms with Crippen LogP contribution in [0.2, 0.25) is 5.02 Å². The molecule has 2 aromatic carbocycles. The maximum Gasteiger partial charge on any atom is 0.266 e. The maximum atomic E-state index is 14.8. The Bertz CT molecular complexity index is 1190. The molecule has 0 atom stereocenters. The van der Waals surface area contributed by atoms with Crippen molar-refractivity contribution in [2.45, 2.75) is 24.4 Å². The number of likely N-dealkylation sites (tertiary alicyclic amines) is 1. The number of thiazole rings is 1. The van der Waals surface area contributed by atoms with Crippen LogP contribution >= 0.6 is 22.9 Å². The van der Waals surface area contributed by atoms with E-state index < -0.39 is 20.7 Å². The summed E-state index contributed by atoms with van der Waals surface area (Å²) in [6, 6.07) is 7.37. The number of hydrogen-bond acceptors (Lipinski definition) is 6. The van der Waals surface area contributed by atoms with E-state index in [1.54, 1.807) is 6.07 Å². The lowest BCUT2D eigenvalue weighted by atomic mass is 10.0. The number of rotatable bonds is 8. The van der Waals surface area contributed by atoms with Crippen molar-refractivity contribution in [1.82, 2.24) is 9.88 Å². The van der Waals surface area contributed by atoms with Crippen molar-refractivity contribution in [3.05, 3.63) is 69.0 Å². The molecule has 0 aliphatic carbocycles. The summed E-state index contributed by atoms with van der Waals surface area (Å²) in [5.41, 5.74) is 2.93. The molecule has 6 nitrogen and oxygen atoms in total. The summed E-state index contributed by atoms with van der Waals surface area (Å²) in [7, 11) is -4.20. The van der Waals surface area contributed by atoms with E-state index in [-0.39, 0.29) is 28.9 Å². The summed E-state index contributed by atoms with van der Waals surface area (Å²) in [6.07, 6.45) is 1.13. The van der Waals surface area contributed by atoms with Crippen LogP contribution in [0.25, 0.3) is 0 Å². The largest absolute Gasteiger partial charge is 0.380 e. The lowest BCUT2D eigenvalue weighted by molar-refractivity contribution is 0.172. The van der Waals surface area contributed by atoms with Crippen molar-refractivity contribution in [1.29, 1.82) is 0 Å². The molecule has 3 aromatic rings. The highest BCUT2D eigenvalue weighted by molar-refractivity contribution is 7.92. The molecule has 11 heteroatoms. The standard InChI is InChI=1S/C20H19ClF2N4O2S2/c21-19-16(5-6-17(20(19)23)31(28,29)26-18-11-30-12-25-18)24-9-14-13(3-1-4-15(14)22)10-27-7-2-8-27/h1,3-6,11-12,24,26H,2,7-10H2. The highest BCUT2D eigenvalue weighted by Crippen LogP contribution is 2.31. The lowest BCUT2D eigenvalue weighted by Crippen LogP contribution is -2.36. The maximum absolute atomic E-state index is 14.8. The summed E-state index contributed by atoms with van der Waals surface area (Å²) >= 11 is 7.30. The van der Waals surface area contributed by atoms with Gasteiger partial charge in [-0.15, -0.1) is 11.3 Å². The molecule has 0 spiro atoms. The monoisotopic (exact) mass is 484 g/mol. The fourth-order valence-corrected chi connectivity index (χ4v) is 5.17. The number of nitrogens with zero attached hydrogens (tertiary/aromatic N) is 2. The molecule has 1 aliphatic rings. The SMILES string of the molecule is O=S(=O)(Nc1cscn1)c1ccc(NCc2c(F)cccc2CN2CCC2)c(Cl)c1F. The predicted molar refractivity (Wildman–Crippen MR) is 118 cm³/mol. The molecule has 0 saturated carbocycles. The zero-order valence-corrected chi connectivity index (χ0v) is 18.6. The smallest absolute Gasteiger partial charge is 0.266 e. The highest BCUT2D eigenvalue weighted by Gasteiger charge is 2.24. The summed E-state index contributed by atoms with van der Waals surface area (Å²) < 4.78 is 56.4. The Morgan fingerprint density at radius 1 is 1.19 bits per heavy atom. The molecule has 2 N–H and O–H groups in total. The minimum absolute atomic E-state index is 0.0815. The molecule has 2 heterocycles. The summed E-state index contributed by atoms with van der Waals surface area (Å²) in [4.78, 5) is 5.44. The van der Waals surface area contributed by atoms with Crippen molar-refractivity contribution >= 4 is 44.5 Å². The van der Waals surface area contributed by atoms with Gasteiger partial charge in [0.1, 0.15) is 15.7 Å². The van der Waals surface area contributed by atoms with Crippen LogP contribution in [0, 0.1) is 11.6 Å². The van der Waals surface area contributed by atoms with Crippen LogP contribution < -0.4 is 10.0 Å². The van der Waals surface area contributed by atoms with Gasteiger partial charge in [-0.2, -0.15) is 0 Å². The van der Waals surface area contributed by atoms with Gasteiger partial charge in [-0.25, -0.2) is 22.2 Å². The Morgan fingerprint density at radius 3 is 2.68 bits per heavy atom. The van der Waals surface area contributed by atoms with Crippen LogP contribution in [0.3, 0.4) is 0 Å². The van der Waals surface area contributed by atoms with Gasteiger partial charge in [-0.05, 0) is 43.3 Å². The number of sulfonamides is 1. The first kappa shape index (κ1) is 21.9. The lowest BCUT2D eigenvalue weighted by Gasteiger charge is -2.31. The van der Waals surface area contributed by atoms with E-state index in [0.29, 0.717) is 12.1 Å². The van der Waals surface area contributed by atoms with Gasteiger partial charge < -0.3 is 5.32 Å². The molecular weight excluding hydrogens is 466 g/mol. The first-order valence-corrected chi connectivity index (χ1v) is 12.3. The Balaban J connectivity index is 1.53. The number of hydrogen-bond donors (Lipinski definition) is 2. The van der Waals surface area contributed by atoms with Crippen LogP contribution in [-0.2, 0) is 23.1 Å². The van der Waals surface area contributed by atoms with Crippen LogP contribution in [0.4, 0.5) is 20.3 Å². The van der Waals surface area contributed by atoms with Crippen molar-refractivity contribution < 1.29 is 17.2 Å². The molecule has 0 amide bonds. The van der Waals surface area contributed by atoms with Gasteiger partial charge in [-0.3, -0.25) is 9.62 Å². The summed E-state index contributed by atoms with van der Waals surface area (Å²) in [6.45, 7) is 2.67. The van der Waals surface area contributed by atoms with E-state index in [4.69, 9.17) is 11.6 Å². The average molecular weight is 485 g/mol. The molecule has 1 saturated heterocycles. The van der Waals surface area contributed by atoms with Crippen molar-refractivity contribution in [3.63, 3.8) is 0 Å². The minimum Gasteiger partial charge on any atom is -0.380 e. The zero-order valence-electron chi connectivity index (χ0n) is 16.2. The second kappa shape index (κ2) is 9.07. The molecule has 0 radical (unpaired) electrons. The van der Waals surface area contributed by atoms with E-state index in [9.17, 15) is 17.2 Å². The van der Waals surface area contributed by atoms with E-state index >= 15 is 0 Å². The first-order chi connectivity index (χ1) is 14.8. The molecule has 0 bridgehead atoms. The van der Waals surface area contributed by atoms with Gasteiger partial charge in [0.05, 0.1) is 11.2 Å². The van der Waals surface area contributed by atoms with Crippen LogP contribution in [0.1, 0.15) is 17.5 Å². The summed E-state index contributed by atoms with van der Waals surface area (Å²) in [5, 5.41) is 4.03. The topological polar surface area (TPSA) is 74.3 Å². The fraction of sp³-hybridized carbons (Fsp3) is 0.250. The number of benzene rings is 2. The number of halogens is 3. The van der Waals surface area contributed by atoms with Gasteiger partial charge in [0.2, 0.25) is 0 Å². The van der Waals surface area contributed by atoms with Crippen LogP contribution in [-0.4, -0.2) is 31.4 Å². The summed E-state index contributed by atoms with van der Waals surface area (Å²) in [5.74, 6) is -1.37. The molecule has 0 unspecified atom stereocenters. The van der Waals surface area contributed by atoms with Gasteiger partial charge in [0.15, 0.2) is 11.6 Å². The van der Waals surface area contributed by atoms with Crippen molar-refractivity contribution in [2.75, 3.05) is 23.1 Å². The second-order valence-electron chi connectivity index (χ2n) is 7.08. The van der Waals surface area contributed by atoms with Crippen LogP contribution in [0.5, 0.6) is 0 Å². The molecular formula is C20H19ClF2N4O2S2. The van der Waals surface area contributed by atoms with E-state index in [1.807, 2.05) is 6.07 Å². The predicted octanol–water partition coefficient (Wildman–Crippen LogP) is 4.69.